The Morgan fingerprint density at radius 1 is 0.913 bits per heavy atom. The van der Waals surface area contributed by atoms with Crippen molar-refractivity contribution in [2.75, 3.05) is 13.1 Å². The van der Waals surface area contributed by atoms with Crippen molar-refractivity contribution in [1.29, 1.82) is 0 Å². The maximum Gasteiger partial charge on any atom is 0.134 e. The fourth-order valence-electron chi connectivity index (χ4n) is 2.73. The Labute approximate surface area is 137 Å². The highest BCUT2D eigenvalue weighted by molar-refractivity contribution is 5.79. The van der Waals surface area contributed by atoms with Gasteiger partial charge in [-0.3, -0.25) is 4.90 Å². The molecule has 0 fully saturated rings. The van der Waals surface area contributed by atoms with Gasteiger partial charge in [0.15, 0.2) is 0 Å². The summed E-state index contributed by atoms with van der Waals surface area (Å²) < 4.78 is 2.29. The molecule has 3 aromatic rings. The van der Waals surface area contributed by atoms with Crippen LogP contribution in [0, 0.1) is 0 Å². The molecule has 0 aliphatic carbocycles. The number of aromatic nitrogens is 2. The molecule has 118 valence electrons. The van der Waals surface area contributed by atoms with Crippen LogP contribution in [0.15, 0.2) is 54.6 Å². The van der Waals surface area contributed by atoms with Crippen molar-refractivity contribution in [2.45, 2.75) is 20.5 Å². The smallest absolute Gasteiger partial charge is 0.134 e. The normalized spacial score (nSPS) is 11.8. The van der Waals surface area contributed by atoms with E-state index in [1.807, 2.05) is 12.1 Å². The highest BCUT2D eigenvalue weighted by atomic mass is 15.3. The molecular formula is C20H23N3. The SMILES string of the molecule is CCN(CC)Cn1c(C=Cc2ccccc2)nc2ccccc21. The van der Waals surface area contributed by atoms with Gasteiger partial charge in [0.25, 0.3) is 0 Å². The summed E-state index contributed by atoms with van der Waals surface area (Å²) in [5, 5.41) is 0. The molecule has 0 spiro atoms. The molecule has 0 bridgehead atoms. The van der Waals surface area contributed by atoms with Crippen LogP contribution in [-0.2, 0) is 6.67 Å². The first-order valence-electron chi connectivity index (χ1n) is 8.22. The van der Waals surface area contributed by atoms with E-state index < -0.39 is 0 Å². The van der Waals surface area contributed by atoms with E-state index in [9.17, 15) is 0 Å². The third kappa shape index (κ3) is 3.51. The monoisotopic (exact) mass is 305 g/mol. The van der Waals surface area contributed by atoms with Crippen LogP contribution in [0.3, 0.4) is 0 Å². The number of fused-ring (bicyclic) bond motifs is 1. The Morgan fingerprint density at radius 3 is 2.35 bits per heavy atom. The molecule has 3 nitrogen and oxygen atoms in total. The molecule has 0 radical (unpaired) electrons. The van der Waals surface area contributed by atoms with Gasteiger partial charge in [-0.25, -0.2) is 4.98 Å². The predicted octanol–water partition coefficient (Wildman–Crippen LogP) is 4.51. The fraction of sp³-hybridized carbons (Fsp3) is 0.250. The first kappa shape index (κ1) is 15.5. The molecule has 0 aliphatic rings. The third-order valence-corrected chi connectivity index (χ3v) is 4.14. The number of imidazole rings is 1. The van der Waals surface area contributed by atoms with Crippen molar-refractivity contribution in [3.63, 3.8) is 0 Å². The van der Waals surface area contributed by atoms with Gasteiger partial charge in [-0.15, -0.1) is 0 Å². The minimum Gasteiger partial charge on any atom is -0.311 e. The van der Waals surface area contributed by atoms with Crippen molar-refractivity contribution in [3.8, 4) is 0 Å². The number of hydrogen-bond donors (Lipinski definition) is 0. The topological polar surface area (TPSA) is 21.1 Å². The average molecular weight is 305 g/mol. The largest absolute Gasteiger partial charge is 0.311 e. The Kier molecular flexibility index (Phi) is 4.89. The standard InChI is InChI=1S/C20H23N3/c1-3-22(4-2)16-23-19-13-9-8-12-18(19)21-20(23)15-14-17-10-6-5-7-11-17/h5-15H,3-4,16H2,1-2H3. The molecule has 1 heterocycles. The molecule has 0 amide bonds. The summed E-state index contributed by atoms with van der Waals surface area (Å²) in [4.78, 5) is 7.20. The van der Waals surface area contributed by atoms with Crippen LogP contribution in [0.5, 0.6) is 0 Å². The third-order valence-electron chi connectivity index (χ3n) is 4.14. The van der Waals surface area contributed by atoms with Crippen LogP contribution in [-0.4, -0.2) is 27.5 Å². The van der Waals surface area contributed by atoms with Crippen LogP contribution >= 0.6 is 0 Å². The van der Waals surface area contributed by atoms with Gasteiger partial charge < -0.3 is 4.57 Å². The Balaban J connectivity index is 1.99. The molecule has 0 atom stereocenters. The summed E-state index contributed by atoms with van der Waals surface area (Å²) in [6.45, 7) is 7.32. The minimum absolute atomic E-state index is 0.863. The Morgan fingerprint density at radius 2 is 1.61 bits per heavy atom. The molecule has 23 heavy (non-hydrogen) atoms. The Hall–Kier alpha value is -2.39. The van der Waals surface area contributed by atoms with Crippen molar-refractivity contribution in [2.24, 2.45) is 0 Å². The zero-order chi connectivity index (χ0) is 16.1. The molecule has 1 aromatic heterocycles. The minimum atomic E-state index is 0.863. The van der Waals surface area contributed by atoms with Gasteiger partial charge in [0.2, 0.25) is 0 Å². The van der Waals surface area contributed by atoms with Gasteiger partial charge in [-0.2, -0.15) is 0 Å². The summed E-state index contributed by atoms with van der Waals surface area (Å²) in [6, 6.07) is 18.7. The fourth-order valence-corrected chi connectivity index (χ4v) is 2.73. The van der Waals surface area contributed by atoms with E-state index in [0.717, 1.165) is 31.1 Å². The van der Waals surface area contributed by atoms with Crippen LogP contribution in [0.1, 0.15) is 25.2 Å². The lowest BCUT2D eigenvalue weighted by molar-refractivity contribution is 0.245. The van der Waals surface area contributed by atoms with Gasteiger partial charge in [0.05, 0.1) is 17.7 Å². The number of rotatable bonds is 6. The summed E-state index contributed by atoms with van der Waals surface area (Å²) in [6.07, 6.45) is 4.23. The van der Waals surface area contributed by atoms with Gasteiger partial charge in [0.1, 0.15) is 5.82 Å². The predicted molar refractivity (Wildman–Crippen MR) is 98.0 cm³/mol. The average Bonchev–Trinajstić information content (AvgIpc) is 2.96. The molecular weight excluding hydrogens is 282 g/mol. The van der Waals surface area contributed by atoms with Crippen LogP contribution in [0.2, 0.25) is 0 Å². The van der Waals surface area contributed by atoms with Gasteiger partial charge in [0, 0.05) is 0 Å². The maximum absolute atomic E-state index is 4.80. The molecule has 0 unspecified atom stereocenters. The second-order valence-corrected chi connectivity index (χ2v) is 5.58. The molecule has 0 saturated carbocycles. The summed E-state index contributed by atoms with van der Waals surface area (Å²) in [5.41, 5.74) is 3.42. The van der Waals surface area contributed by atoms with Gasteiger partial charge >= 0.3 is 0 Å². The first-order valence-corrected chi connectivity index (χ1v) is 8.22. The Bertz CT molecular complexity index is 783. The molecule has 0 aliphatic heterocycles. The highest BCUT2D eigenvalue weighted by Crippen LogP contribution is 2.18. The van der Waals surface area contributed by atoms with Gasteiger partial charge in [-0.1, -0.05) is 62.4 Å². The van der Waals surface area contributed by atoms with E-state index in [4.69, 9.17) is 4.98 Å². The lowest BCUT2D eigenvalue weighted by Gasteiger charge is -2.20. The van der Waals surface area contributed by atoms with E-state index in [1.165, 1.54) is 11.1 Å². The molecule has 3 heteroatoms. The number of benzene rings is 2. The zero-order valence-corrected chi connectivity index (χ0v) is 13.8. The zero-order valence-electron chi connectivity index (χ0n) is 13.8. The van der Waals surface area contributed by atoms with E-state index in [1.54, 1.807) is 0 Å². The lowest BCUT2D eigenvalue weighted by atomic mass is 10.2. The second-order valence-electron chi connectivity index (χ2n) is 5.58. The first-order chi connectivity index (χ1) is 11.3. The highest BCUT2D eigenvalue weighted by Gasteiger charge is 2.10. The summed E-state index contributed by atoms with van der Waals surface area (Å²) in [5.74, 6) is 1.00. The van der Waals surface area contributed by atoms with Crippen LogP contribution in [0.25, 0.3) is 23.2 Å². The second kappa shape index (κ2) is 7.25. The number of para-hydroxylation sites is 2. The summed E-state index contributed by atoms with van der Waals surface area (Å²) in [7, 11) is 0. The van der Waals surface area contributed by atoms with Gasteiger partial charge in [-0.05, 0) is 36.9 Å². The van der Waals surface area contributed by atoms with E-state index in [0.29, 0.717) is 0 Å². The van der Waals surface area contributed by atoms with Crippen molar-refractivity contribution in [1.82, 2.24) is 14.5 Å². The number of hydrogen-bond acceptors (Lipinski definition) is 2. The molecule has 0 N–H and O–H groups in total. The van der Waals surface area contributed by atoms with E-state index in [2.05, 4.69) is 77.9 Å². The van der Waals surface area contributed by atoms with Crippen molar-refractivity contribution >= 4 is 23.2 Å². The lowest BCUT2D eigenvalue weighted by Crippen LogP contribution is -2.26. The van der Waals surface area contributed by atoms with E-state index >= 15 is 0 Å². The molecule has 0 saturated heterocycles. The quantitative estimate of drug-likeness (QED) is 0.668. The van der Waals surface area contributed by atoms with Crippen molar-refractivity contribution < 1.29 is 0 Å². The van der Waals surface area contributed by atoms with Crippen LogP contribution < -0.4 is 0 Å². The molecule has 2 aromatic carbocycles. The molecule has 3 rings (SSSR count). The van der Waals surface area contributed by atoms with Crippen molar-refractivity contribution in [3.05, 3.63) is 66.0 Å². The summed E-state index contributed by atoms with van der Waals surface area (Å²) >= 11 is 0. The van der Waals surface area contributed by atoms with Crippen LogP contribution in [0.4, 0.5) is 0 Å². The van der Waals surface area contributed by atoms with E-state index in [-0.39, 0.29) is 0 Å². The maximum atomic E-state index is 4.80. The number of nitrogens with zero attached hydrogens (tertiary/aromatic N) is 3.